The molecular weight excluding hydrogens is 158 g/mol. The minimum atomic E-state index is 1.15. The lowest BCUT2D eigenvalue weighted by atomic mass is 10.1. The highest BCUT2D eigenvalue weighted by Crippen LogP contribution is 2.15. The SMILES string of the molecule is CCC/C=C\c1ccccc1NC. The first-order valence-corrected chi connectivity index (χ1v) is 4.81. The number of nitrogens with one attached hydrogen (secondary N) is 1. The summed E-state index contributed by atoms with van der Waals surface area (Å²) in [5.41, 5.74) is 2.45. The number of rotatable bonds is 4. The molecule has 0 atom stereocenters. The van der Waals surface area contributed by atoms with Gasteiger partial charge in [-0.3, -0.25) is 0 Å². The molecule has 0 aromatic heterocycles. The summed E-state index contributed by atoms with van der Waals surface area (Å²) in [4.78, 5) is 0. The number of anilines is 1. The zero-order valence-corrected chi connectivity index (χ0v) is 8.38. The van der Waals surface area contributed by atoms with Crippen LogP contribution in [0.1, 0.15) is 25.3 Å². The lowest BCUT2D eigenvalue weighted by Crippen LogP contribution is -1.89. The van der Waals surface area contributed by atoms with E-state index in [0.717, 1.165) is 6.42 Å². The smallest absolute Gasteiger partial charge is 0.0411 e. The van der Waals surface area contributed by atoms with Gasteiger partial charge in [0, 0.05) is 12.7 Å². The molecule has 0 bridgehead atoms. The van der Waals surface area contributed by atoms with E-state index < -0.39 is 0 Å². The summed E-state index contributed by atoms with van der Waals surface area (Å²) in [7, 11) is 1.95. The summed E-state index contributed by atoms with van der Waals surface area (Å²) < 4.78 is 0. The van der Waals surface area contributed by atoms with Crippen LogP contribution in [0.3, 0.4) is 0 Å². The minimum absolute atomic E-state index is 1.15. The van der Waals surface area contributed by atoms with E-state index in [1.165, 1.54) is 17.7 Å². The third kappa shape index (κ3) is 2.94. The van der Waals surface area contributed by atoms with E-state index in [1.54, 1.807) is 0 Å². The van der Waals surface area contributed by atoms with Crippen LogP contribution in [-0.2, 0) is 0 Å². The Morgan fingerprint density at radius 2 is 2.08 bits per heavy atom. The number of hydrogen-bond donors (Lipinski definition) is 1. The Hall–Kier alpha value is -1.24. The quantitative estimate of drug-likeness (QED) is 0.738. The van der Waals surface area contributed by atoms with Crippen molar-refractivity contribution in [2.24, 2.45) is 0 Å². The van der Waals surface area contributed by atoms with Crippen LogP contribution in [0.4, 0.5) is 5.69 Å². The Morgan fingerprint density at radius 1 is 1.31 bits per heavy atom. The molecule has 1 N–H and O–H groups in total. The van der Waals surface area contributed by atoms with Gasteiger partial charge in [0.2, 0.25) is 0 Å². The molecule has 0 aliphatic heterocycles. The van der Waals surface area contributed by atoms with Gasteiger partial charge >= 0.3 is 0 Å². The van der Waals surface area contributed by atoms with E-state index in [4.69, 9.17) is 0 Å². The molecule has 0 amide bonds. The van der Waals surface area contributed by atoms with Gasteiger partial charge in [0.1, 0.15) is 0 Å². The van der Waals surface area contributed by atoms with Crippen molar-refractivity contribution in [3.8, 4) is 0 Å². The fourth-order valence-electron chi connectivity index (χ4n) is 1.25. The van der Waals surface area contributed by atoms with Gasteiger partial charge in [-0.25, -0.2) is 0 Å². The van der Waals surface area contributed by atoms with E-state index in [9.17, 15) is 0 Å². The Morgan fingerprint density at radius 3 is 2.77 bits per heavy atom. The van der Waals surface area contributed by atoms with Crippen molar-refractivity contribution in [1.29, 1.82) is 0 Å². The summed E-state index contributed by atoms with van der Waals surface area (Å²) >= 11 is 0. The zero-order chi connectivity index (χ0) is 9.52. The van der Waals surface area contributed by atoms with Crippen LogP contribution < -0.4 is 5.32 Å². The van der Waals surface area contributed by atoms with Crippen LogP contribution in [0.2, 0.25) is 0 Å². The van der Waals surface area contributed by atoms with Crippen LogP contribution >= 0.6 is 0 Å². The fourth-order valence-corrected chi connectivity index (χ4v) is 1.25. The van der Waals surface area contributed by atoms with E-state index in [1.807, 2.05) is 13.1 Å². The normalized spacial score (nSPS) is 10.6. The maximum absolute atomic E-state index is 3.17. The molecule has 0 saturated carbocycles. The second kappa shape index (κ2) is 5.41. The Balaban J connectivity index is 2.74. The van der Waals surface area contributed by atoms with E-state index in [0.29, 0.717) is 0 Å². The molecular formula is C12H17N. The second-order valence-corrected chi connectivity index (χ2v) is 3.03. The molecule has 0 spiro atoms. The molecule has 0 aliphatic carbocycles. The van der Waals surface area contributed by atoms with Crippen molar-refractivity contribution in [2.45, 2.75) is 19.8 Å². The average molecular weight is 175 g/mol. The lowest BCUT2D eigenvalue weighted by Gasteiger charge is -2.03. The molecule has 0 unspecified atom stereocenters. The molecule has 1 aromatic rings. The van der Waals surface area contributed by atoms with Gasteiger partial charge in [0.15, 0.2) is 0 Å². The van der Waals surface area contributed by atoms with Gasteiger partial charge in [-0.2, -0.15) is 0 Å². The van der Waals surface area contributed by atoms with Crippen molar-refractivity contribution in [3.63, 3.8) is 0 Å². The third-order valence-corrected chi connectivity index (χ3v) is 1.98. The molecule has 1 heteroatoms. The topological polar surface area (TPSA) is 12.0 Å². The summed E-state index contributed by atoms with van der Waals surface area (Å²) in [5, 5.41) is 3.17. The first kappa shape index (κ1) is 9.85. The van der Waals surface area contributed by atoms with Crippen molar-refractivity contribution in [2.75, 3.05) is 12.4 Å². The Kier molecular flexibility index (Phi) is 4.10. The fraction of sp³-hybridized carbons (Fsp3) is 0.333. The molecule has 1 aromatic carbocycles. The maximum atomic E-state index is 3.17. The van der Waals surface area contributed by atoms with Crippen molar-refractivity contribution in [3.05, 3.63) is 35.9 Å². The van der Waals surface area contributed by atoms with Crippen molar-refractivity contribution < 1.29 is 0 Å². The van der Waals surface area contributed by atoms with Gasteiger partial charge in [0.05, 0.1) is 0 Å². The van der Waals surface area contributed by atoms with Crippen molar-refractivity contribution in [1.82, 2.24) is 0 Å². The monoisotopic (exact) mass is 175 g/mol. The highest BCUT2D eigenvalue weighted by molar-refractivity contribution is 5.66. The molecule has 1 rings (SSSR count). The lowest BCUT2D eigenvalue weighted by molar-refractivity contribution is 0.962. The maximum Gasteiger partial charge on any atom is 0.0411 e. The molecule has 1 nitrogen and oxygen atoms in total. The predicted molar refractivity (Wildman–Crippen MR) is 59.9 cm³/mol. The summed E-state index contributed by atoms with van der Waals surface area (Å²) in [5.74, 6) is 0. The molecule has 0 heterocycles. The van der Waals surface area contributed by atoms with Crippen molar-refractivity contribution >= 4 is 11.8 Å². The van der Waals surface area contributed by atoms with E-state index in [-0.39, 0.29) is 0 Å². The summed E-state index contributed by atoms with van der Waals surface area (Å²) in [6.45, 7) is 2.19. The summed E-state index contributed by atoms with van der Waals surface area (Å²) in [6.07, 6.45) is 6.75. The Bertz CT molecular complexity index is 276. The number of para-hydroxylation sites is 1. The van der Waals surface area contributed by atoms with E-state index >= 15 is 0 Å². The first-order chi connectivity index (χ1) is 6.38. The van der Waals surface area contributed by atoms with Crippen LogP contribution in [0, 0.1) is 0 Å². The second-order valence-electron chi connectivity index (χ2n) is 3.03. The van der Waals surface area contributed by atoms with Gasteiger partial charge in [-0.05, 0) is 18.1 Å². The summed E-state index contributed by atoms with van der Waals surface area (Å²) in [6, 6.07) is 8.32. The molecule has 70 valence electrons. The predicted octanol–water partition coefficient (Wildman–Crippen LogP) is 3.54. The van der Waals surface area contributed by atoms with Gasteiger partial charge < -0.3 is 5.32 Å². The standard InChI is InChI=1S/C12H17N/c1-3-4-5-8-11-9-6-7-10-12(11)13-2/h5-10,13H,3-4H2,1-2H3/b8-5-. The highest BCUT2D eigenvalue weighted by atomic mass is 14.8. The molecule has 0 radical (unpaired) electrons. The van der Waals surface area contributed by atoms with Gasteiger partial charge in [-0.1, -0.05) is 43.7 Å². The molecule has 0 aliphatic rings. The number of allylic oxidation sites excluding steroid dienone is 1. The zero-order valence-electron chi connectivity index (χ0n) is 8.38. The van der Waals surface area contributed by atoms with Gasteiger partial charge in [0.25, 0.3) is 0 Å². The number of hydrogen-bond acceptors (Lipinski definition) is 1. The number of benzene rings is 1. The number of unbranched alkanes of at least 4 members (excludes halogenated alkanes) is 1. The van der Waals surface area contributed by atoms with Crippen LogP contribution in [-0.4, -0.2) is 7.05 Å². The van der Waals surface area contributed by atoms with Crippen LogP contribution in [0.25, 0.3) is 6.08 Å². The molecule has 13 heavy (non-hydrogen) atoms. The minimum Gasteiger partial charge on any atom is -0.388 e. The van der Waals surface area contributed by atoms with Crippen LogP contribution in [0.15, 0.2) is 30.3 Å². The highest BCUT2D eigenvalue weighted by Gasteiger charge is 1.92. The third-order valence-electron chi connectivity index (χ3n) is 1.98. The van der Waals surface area contributed by atoms with Crippen LogP contribution in [0.5, 0.6) is 0 Å². The molecule has 0 saturated heterocycles. The largest absolute Gasteiger partial charge is 0.388 e. The average Bonchev–Trinajstić information content (AvgIpc) is 2.19. The molecule has 0 fully saturated rings. The van der Waals surface area contributed by atoms with Gasteiger partial charge in [-0.15, -0.1) is 0 Å². The Labute approximate surface area is 80.5 Å². The first-order valence-electron chi connectivity index (χ1n) is 4.81. The van der Waals surface area contributed by atoms with E-state index in [2.05, 4.69) is 42.6 Å².